The average molecular weight is 341 g/mol. The van der Waals surface area contributed by atoms with Crippen molar-refractivity contribution < 1.29 is 4.74 Å². The first-order chi connectivity index (χ1) is 9.71. The van der Waals surface area contributed by atoms with Crippen molar-refractivity contribution in [1.82, 2.24) is 5.43 Å². The molecule has 3 unspecified atom stereocenters. The lowest BCUT2D eigenvalue weighted by atomic mass is 9.72. The van der Waals surface area contributed by atoms with Gasteiger partial charge in [-0.25, -0.2) is 0 Å². The zero-order valence-corrected chi connectivity index (χ0v) is 13.9. The second-order valence-corrected chi connectivity index (χ2v) is 6.50. The lowest BCUT2D eigenvalue weighted by Crippen LogP contribution is -2.38. The number of ether oxygens (including phenoxy) is 1. The largest absolute Gasteiger partial charge is 0.497 e. The van der Waals surface area contributed by atoms with Crippen molar-refractivity contribution in [3.05, 3.63) is 28.2 Å². The van der Waals surface area contributed by atoms with E-state index in [1.54, 1.807) is 7.11 Å². The predicted molar refractivity (Wildman–Crippen MR) is 86.5 cm³/mol. The topological polar surface area (TPSA) is 47.3 Å². The van der Waals surface area contributed by atoms with E-state index in [0.717, 1.165) is 16.1 Å². The Balaban J connectivity index is 2.30. The summed E-state index contributed by atoms with van der Waals surface area (Å²) in [5.74, 6) is 8.14. The van der Waals surface area contributed by atoms with Gasteiger partial charge in [-0.2, -0.15) is 0 Å². The fourth-order valence-corrected chi connectivity index (χ4v) is 4.01. The molecular weight excluding hydrogens is 316 g/mol. The van der Waals surface area contributed by atoms with Crippen LogP contribution < -0.4 is 16.0 Å². The third-order valence-corrected chi connectivity index (χ3v) is 5.36. The number of benzene rings is 1. The van der Waals surface area contributed by atoms with Crippen LogP contribution in [0.4, 0.5) is 0 Å². The summed E-state index contributed by atoms with van der Waals surface area (Å²) in [5.41, 5.74) is 4.26. The number of hydrazine groups is 1. The molecule has 3 atom stereocenters. The summed E-state index contributed by atoms with van der Waals surface area (Å²) in [6.45, 7) is 2.29. The number of methoxy groups -OCH3 is 1. The van der Waals surface area contributed by atoms with E-state index in [1.165, 1.54) is 37.7 Å². The number of hydrogen-bond acceptors (Lipinski definition) is 3. The number of hydrogen-bond donors (Lipinski definition) is 2. The van der Waals surface area contributed by atoms with Crippen molar-refractivity contribution in [2.24, 2.45) is 17.7 Å². The van der Waals surface area contributed by atoms with Crippen LogP contribution in [0.5, 0.6) is 5.75 Å². The second-order valence-electron chi connectivity index (χ2n) is 5.65. The Morgan fingerprint density at radius 2 is 2.15 bits per heavy atom. The first kappa shape index (κ1) is 15.8. The fourth-order valence-electron chi connectivity index (χ4n) is 3.51. The van der Waals surface area contributed by atoms with Gasteiger partial charge in [-0.3, -0.25) is 11.3 Å². The Hall–Kier alpha value is -0.580. The minimum absolute atomic E-state index is 0.185. The van der Waals surface area contributed by atoms with Crippen LogP contribution in [0.1, 0.15) is 50.6 Å². The highest BCUT2D eigenvalue weighted by Crippen LogP contribution is 2.42. The quantitative estimate of drug-likeness (QED) is 0.624. The Bertz CT molecular complexity index is 438. The van der Waals surface area contributed by atoms with Crippen molar-refractivity contribution in [2.75, 3.05) is 7.11 Å². The van der Waals surface area contributed by atoms with Crippen molar-refractivity contribution in [3.8, 4) is 5.75 Å². The summed E-state index contributed by atoms with van der Waals surface area (Å²) in [7, 11) is 1.70. The third kappa shape index (κ3) is 3.35. The maximum atomic E-state index is 5.90. The molecule has 20 heavy (non-hydrogen) atoms. The normalized spacial score (nSPS) is 24.4. The zero-order chi connectivity index (χ0) is 14.5. The molecule has 3 N–H and O–H groups in total. The molecule has 0 bridgehead atoms. The molecule has 3 nitrogen and oxygen atoms in total. The van der Waals surface area contributed by atoms with Gasteiger partial charge in [-0.1, -0.05) is 48.5 Å². The molecule has 2 rings (SSSR count). The molecule has 112 valence electrons. The summed E-state index contributed by atoms with van der Waals surface area (Å²) in [6.07, 6.45) is 6.45. The summed E-state index contributed by atoms with van der Waals surface area (Å²) < 4.78 is 6.45. The first-order valence-electron chi connectivity index (χ1n) is 7.50. The molecule has 0 radical (unpaired) electrons. The summed E-state index contributed by atoms with van der Waals surface area (Å²) in [5, 5.41) is 0. The van der Waals surface area contributed by atoms with Gasteiger partial charge in [0.25, 0.3) is 0 Å². The number of nitrogens with one attached hydrogen (secondary N) is 1. The molecular formula is C16H25BrN2O. The Labute approximate surface area is 130 Å². The van der Waals surface area contributed by atoms with Crippen molar-refractivity contribution in [3.63, 3.8) is 0 Å². The highest BCUT2D eigenvalue weighted by molar-refractivity contribution is 9.10. The molecule has 0 saturated heterocycles. The number of rotatable bonds is 5. The summed E-state index contributed by atoms with van der Waals surface area (Å²) in [4.78, 5) is 0. The zero-order valence-electron chi connectivity index (χ0n) is 12.4. The molecule has 0 amide bonds. The van der Waals surface area contributed by atoms with Gasteiger partial charge in [0.05, 0.1) is 13.2 Å². The van der Waals surface area contributed by atoms with Crippen molar-refractivity contribution >= 4 is 15.9 Å². The Morgan fingerprint density at radius 1 is 1.40 bits per heavy atom. The van der Waals surface area contributed by atoms with Crippen LogP contribution in [0.3, 0.4) is 0 Å². The molecule has 1 fully saturated rings. The van der Waals surface area contributed by atoms with E-state index in [4.69, 9.17) is 10.6 Å². The van der Waals surface area contributed by atoms with E-state index in [2.05, 4.69) is 34.3 Å². The molecule has 0 spiro atoms. The summed E-state index contributed by atoms with van der Waals surface area (Å²) in [6, 6.07) is 6.29. The minimum atomic E-state index is 0.185. The van der Waals surface area contributed by atoms with Crippen LogP contribution in [0.25, 0.3) is 0 Å². The monoisotopic (exact) mass is 340 g/mol. The average Bonchev–Trinajstić information content (AvgIpc) is 2.50. The van der Waals surface area contributed by atoms with E-state index in [9.17, 15) is 0 Å². The van der Waals surface area contributed by atoms with Gasteiger partial charge < -0.3 is 4.74 Å². The summed E-state index contributed by atoms with van der Waals surface area (Å²) >= 11 is 3.66. The van der Waals surface area contributed by atoms with Gasteiger partial charge in [0, 0.05) is 4.47 Å². The van der Waals surface area contributed by atoms with Gasteiger partial charge in [-0.15, -0.1) is 0 Å². The molecule has 1 saturated carbocycles. The van der Waals surface area contributed by atoms with Crippen LogP contribution in [0, 0.1) is 11.8 Å². The van der Waals surface area contributed by atoms with Crippen molar-refractivity contribution in [2.45, 2.75) is 45.1 Å². The highest BCUT2D eigenvalue weighted by atomic mass is 79.9. The van der Waals surface area contributed by atoms with E-state index < -0.39 is 0 Å². The predicted octanol–water partition coefficient (Wildman–Crippen LogP) is 4.18. The molecule has 0 heterocycles. The molecule has 0 aliphatic heterocycles. The van der Waals surface area contributed by atoms with Gasteiger partial charge in [-0.05, 0) is 42.0 Å². The van der Waals surface area contributed by atoms with Gasteiger partial charge >= 0.3 is 0 Å². The SMILES string of the molecule is CCC1CCCCC1C(NN)c1cc(OC)ccc1Br. The van der Waals surface area contributed by atoms with Crippen LogP contribution in [-0.4, -0.2) is 7.11 Å². The molecule has 1 aliphatic carbocycles. The fraction of sp³-hybridized carbons (Fsp3) is 0.625. The van der Waals surface area contributed by atoms with E-state index in [1.807, 2.05) is 12.1 Å². The number of nitrogens with two attached hydrogens (primary N) is 1. The van der Waals surface area contributed by atoms with Crippen LogP contribution in [0.15, 0.2) is 22.7 Å². The third-order valence-electron chi connectivity index (χ3n) is 4.64. The lowest BCUT2D eigenvalue weighted by molar-refractivity contribution is 0.175. The second kappa shape index (κ2) is 7.43. The maximum absolute atomic E-state index is 5.90. The molecule has 0 aromatic heterocycles. The van der Waals surface area contributed by atoms with Gasteiger partial charge in [0.2, 0.25) is 0 Å². The molecule has 1 aromatic rings. The first-order valence-corrected chi connectivity index (χ1v) is 8.30. The molecule has 4 heteroatoms. The van der Waals surface area contributed by atoms with Crippen LogP contribution in [0.2, 0.25) is 0 Å². The van der Waals surface area contributed by atoms with E-state index in [0.29, 0.717) is 5.92 Å². The molecule has 1 aromatic carbocycles. The van der Waals surface area contributed by atoms with Gasteiger partial charge in [0.1, 0.15) is 5.75 Å². The van der Waals surface area contributed by atoms with Crippen molar-refractivity contribution in [1.29, 1.82) is 0 Å². The maximum Gasteiger partial charge on any atom is 0.119 e. The highest BCUT2D eigenvalue weighted by Gasteiger charge is 2.32. The standard InChI is InChI=1S/C16H25BrN2O/c1-3-11-6-4-5-7-13(11)16(19-18)14-10-12(20-2)8-9-15(14)17/h8-11,13,16,19H,3-7,18H2,1-2H3. The Morgan fingerprint density at radius 3 is 2.80 bits per heavy atom. The Kier molecular flexibility index (Phi) is 5.87. The van der Waals surface area contributed by atoms with Gasteiger partial charge in [0.15, 0.2) is 0 Å². The minimum Gasteiger partial charge on any atom is -0.497 e. The van der Waals surface area contributed by atoms with E-state index in [-0.39, 0.29) is 6.04 Å². The number of halogens is 1. The van der Waals surface area contributed by atoms with Crippen LogP contribution >= 0.6 is 15.9 Å². The van der Waals surface area contributed by atoms with Crippen LogP contribution in [-0.2, 0) is 0 Å². The van der Waals surface area contributed by atoms with E-state index >= 15 is 0 Å². The smallest absolute Gasteiger partial charge is 0.119 e. The molecule has 1 aliphatic rings. The lowest BCUT2D eigenvalue weighted by Gasteiger charge is -2.37.